The van der Waals surface area contributed by atoms with Crippen LogP contribution in [0.4, 0.5) is 5.69 Å². The van der Waals surface area contributed by atoms with E-state index in [1.165, 1.54) is 65.2 Å². The zero-order chi connectivity index (χ0) is 30.2. The van der Waals surface area contributed by atoms with Crippen LogP contribution in [0.25, 0.3) is 16.3 Å². The quantitative estimate of drug-likeness (QED) is 0.185. The molecule has 0 saturated carbocycles. The highest BCUT2D eigenvalue weighted by Gasteiger charge is 2.24. The summed E-state index contributed by atoms with van der Waals surface area (Å²) in [5, 5.41) is 2.64. The van der Waals surface area contributed by atoms with Gasteiger partial charge in [-0.05, 0) is 98.2 Å². The number of anilines is 1. The average molecular weight is 618 g/mol. The summed E-state index contributed by atoms with van der Waals surface area (Å²) in [6.07, 6.45) is 9.51. The van der Waals surface area contributed by atoms with Gasteiger partial charge in [0.2, 0.25) is 5.52 Å². The van der Waals surface area contributed by atoms with E-state index in [0.717, 1.165) is 18.4 Å². The van der Waals surface area contributed by atoms with E-state index in [2.05, 4.69) is 99.0 Å². The summed E-state index contributed by atoms with van der Waals surface area (Å²) in [4.78, 5) is 3.63. The number of allylic oxidation sites excluding steroid dienone is 4. The van der Waals surface area contributed by atoms with Crippen molar-refractivity contribution in [2.75, 3.05) is 11.9 Å². The molecule has 4 aromatic rings. The molecule has 0 bridgehead atoms. The Balaban J connectivity index is 0.000000271. The van der Waals surface area contributed by atoms with Gasteiger partial charge in [0.05, 0.1) is 15.6 Å². The third-order valence-corrected chi connectivity index (χ3v) is 10.7. The molecule has 42 heavy (non-hydrogen) atoms. The molecule has 0 spiro atoms. The van der Waals surface area contributed by atoms with Crippen LogP contribution >= 0.6 is 23.1 Å². The Kier molecular flexibility index (Phi) is 8.81. The summed E-state index contributed by atoms with van der Waals surface area (Å²) in [5.74, 6) is 0.659. The Morgan fingerprint density at radius 2 is 1.60 bits per heavy atom. The monoisotopic (exact) mass is 617 g/mol. The van der Waals surface area contributed by atoms with E-state index < -0.39 is 10.1 Å². The molecule has 6 rings (SSSR count). The Labute approximate surface area is 257 Å². The molecule has 2 aliphatic rings. The summed E-state index contributed by atoms with van der Waals surface area (Å²) in [7, 11) is 0.347. The number of aryl methyl sites for hydroxylation is 4. The van der Waals surface area contributed by atoms with Gasteiger partial charge in [0.25, 0.3) is 15.1 Å². The fourth-order valence-corrected chi connectivity index (χ4v) is 8.20. The molecule has 1 aliphatic carbocycles. The maximum absolute atomic E-state index is 10.5. The van der Waals surface area contributed by atoms with Crippen LogP contribution in [-0.4, -0.2) is 20.0 Å². The second-order valence-electron chi connectivity index (χ2n) is 11.3. The standard InChI is InChI=1S/C27H29N2S2.C7H8O3S/c1-17-6-8-22-24(12-17)30-26(28(22)4)15-20-10-19(3)11-21(14-20)16-27-29(5)23-9-7-18(2)13-25(23)31-27;1-6-2-4-7(5-3-6)11(8,9)10/h6-9,12-16,19H,10-11H2,1-5H3;2-5H,1H3,(H,8,9,10)/q+1;. The average Bonchev–Trinajstić information content (AvgIpc) is 3.38. The zero-order valence-electron chi connectivity index (χ0n) is 24.9. The van der Waals surface area contributed by atoms with E-state index >= 15 is 0 Å². The maximum atomic E-state index is 10.5. The molecule has 0 amide bonds. The molecular formula is C34H37N2O3S3+. The molecule has 2 heterocycles. The first-order chi connectivity index (χ1) is 19.9. The molecule has 218 valence electrons. The molecule has 0 radical (unpaired) electrons. The van der Waals surface area contributed by atoms with Crippen molar-refractivity contribution in [2.45, 2.75) is 50.3 Å². The van der Waals surface area contributed by atoms with Gasteiger partial charge in [-0.25, -0.2) is 0 Å². The molecule has 1 aromatic heterocycles. The summed E-state index contributed by atoms with van der Waals surface area (Å²) < 4.78 is 33.2. The van der Waals surface area contributed by atoms with E-state index in [0.29, 0.717) is 5.92 Å². The number of fused-ring (bicyclic) bond motifs is 2. The zero-order valence-corrected chi connectivity index (χ0v) is 27.3. The topological polar surface area (TPSA) is 61.5 Å². The van der Waals surface area contributed by atoms with Gasteiger partial charge < -0.3 is 4.90 Å². The van der Waals surface area contributed by atoms with E-state index in [9.17, 15) is 8.42 Å². The first kappa shape index (κ1) is 30.3. The number of hydrogen-bond acceptors (Lipinski definition) is 5. The van der Waals surface area contributed by atoms with Crippen molar-refractivity contribution in [1.82, 2.24) is 0 Å². The summed E-state index contributed by atoms with van der Waals surface area (Å²) in [6, 6.07) is 19.5. The van der Waals surface area contributed by atoms with E-state index in [1.54, 1.807) is 12.1 Å². The highest BCUT2D eigenvalue weighted by Crippen LogP contribution is 2.46. The lowest BCUT2D eigenvalue weighted by Crippen LogP contribution is -2.29. The van der Waals surface area contributed by atoms with Gasteiger partial charge >= 0.3 is 0 Å². The predicted octanol–water partition coefficient (Wildman–Crippen LogP) is 8.41. The highest BCUT2D eigenvalue weighted by atomic mass is 32.2. The third-order valence-electron chi connectivity index (χ3n) is 7.52. The first-order valence-electron chi connectivity index (χ1n) is 14.0. The molecule has 8 heteroatoms. The van der Waals surface area contributed by atoms with Crippen molar-refractivity contribution in [3.8, 4) is 0 Å². The number of thiazole rings is 1. The first-order valence-corrected chi connectivity index (χ1v) is 17.0. The van der Waals surface area contributed by atoms with E-state index in [1.807, 2.05) is 30.0 Å². The van der Waals surface area contributed by atoms with Crippen LogP contribution in [0.15, 0.2) is 98.8 Å². The molecule has 3 aromatic carbocycles. The van der Waals surface area contributed by atoms with Crippen LogP contribution < -0.4 is 9.47 Å². The Morgan fingerprint density at radius 3 is 2.31 bits per heavy atom. The minimum absolute atomic E-state index is 0.0666. The minimum atomic E-state index is -4.02. The molecule has 5 nitrogen and oxygen atoms in total. The number of nitrogens with zero attached hydrogens (tertiary/aromatic N) is 2. The van der Waals surface area contributed by atoms with Gasteiger partial charge in [-0.15, -0.1) is 0 Å². The lowest BCUT2D eigenvalue weighted by Gasteiger charge is -2.21. The van der Waals surface area contributed by atoms with Crippen molar-refractivity contribution >= 4 is 55.2 Å². The number of thioether (sulfide) groups is 1. The van der Waals surface area contributed by atoms with Crippen LogP contribution in [0, 0.1) is 26.7 Å². The molecule has 1 aliphatic heterocycles. The van der Waals surface area contributed by atoms with Gasteiger partial charge in [0.15, 0.2) is 0 Å². The molecular weight excluding hydrogens is 581 g/mol. The van der Waals surface area contributed by atoms with Crippen LogP contribution in [-0.2, 0) is 17.2 Å². The van der Waals surface area contributed by atoms with Gasteiger partial charge in [0, 0.05) is 24.1 Å². The second kappa shape index (κ2) is 12.2. The number of aromatic nitrogens is 1. The highest BCUT2D eigenvalue weighted by molar-refractivity contribution is 8.03. The van der Waals surface area contributed by atoms with Crippen LogP contribution in [0.5, 0.6) is 0 Å². The van der Waals surface area contributed by atoms with Gasteiger partial charge in [-0.1, -0.05) is 65.9 Å². The fraction of sp³-hybridized carbons (Fsp3) is 0.265. The normalized spacial score (nSPS) is 18.7. The maximum Gasteiger partial charge on any atom is 0.294 e. The number of rotatable bonds is 3. The molecule has 0 fully saturated rings. The van der Waals surface area contributed by atoms with Crippen molar-refractivity contribution in [1.29, 1.82) is 0 Å². The Bertz CT molecular complexity index is 1850. The van der Waals surface area contributed by atoms with E-state index in [-0.39, 0.29) is 4.90 Å². The van der Waals surface area contributed by atoms with Crippen molar-refractivity contribution in [3.63, 3.8) is 0 Å². The minimum Gasteiger partial charge on any atom is -0.338 e. The lowest BCUT2D eigenvalue weighted by molar-refractivity contribution is -0.642. The van der Waals surface area contributed by atoms with Crippen LogP contribution in [0.1, 0.15) is 41.5 Å². The van der Waals surface area contributed by atoms with E-state index in [4.69, 9.17) is 4.55 Å². The summed E-state index contributed by atoms with van der Waals surface area (Å²) >= 11 is 3.78. The summed E-state index contributed by atoms with van der Waals surface area (Å²) in [5.41, 5.74) is 9.10. The van der Waals surface area contributed by atoms with Crippen LogP contribution in [0.2, 0.25) is 0 Å². The van der Waals surface area contributed by atoms with Gasteiger partial charge in [0.1, 0.15) is 11.7 Å². The van der Waals surface area contributed by atoms with Crippen LogP contribution in [0.3, 0.4) is 0 Å². The summed E-state index contributed by atoms with van der Waals surface area (Å²) in [6.45, 7) is 8.55. The predicted molar refractivity (Wildman–Crippen MR) is 177 cm³/mol. The molecule has 1 atom stereocenters. The second-order valence-corrected chi connectivity index (χ2v) is 14.9. The molecule has 1 unspecified atom stereocenters. The molecule has 1 N–H and O–H groups in total. The Morgan fingerprint density at radius 1 is 0.929 bits per heavy atom. The smallest absolute Gasteiger partial charge is 0.294 e. The van der Waals surface area contributed by atoms with Crippen molar-refractivity contribution < 1.29 is 17.5 Å². The van der Waals surface area contributed by atoms with Gasteiger partial charge in [-0.2, -0.15) is 13.0 Å². The van der Waals surface area contributed by atoms with Crippen molar-refractivity contribution in [3.05, 3.63) is 111 Å². The third kappa shape index (κ3) is 6.89. The lowest BCUT2D eigenvalue weighted by atomic mass is 9.87. The Hall–Kier alpha value is -3.17. The SMILES string of the molecule is Cc1ccc(S(=O)(=O)O)cc1.Cc1ccc2c(c1)S/C(=C\C1=CC(=C/c3sc4cc(C)ccc4[n+]3C)/CC(C)C1)N2C. The molecule has 0 saturated heterocycles. The number of hydrogen-bond donors (Lipinski definition) is 1. The largest absolute Gasteiger partial charge is 0.338 e. The number of benzene rings is 3. The van der Waals surface area contributed by atoms with Gasteiger partial charge in [-0.3, -0.25) is 4.55 Å². The fourth-order valence-electron chi connectivity index (χ4n) is 5.27. The van der Waals surface area contributed by atoms with Crippen molar-refractivity contribution in [2.24, 2.45) is 13.0 Å².